The van der Waals surface area contributed by atoms with Gasteiger partial charge in [0.15, 0.2) is 5.54 Å². The molecule has 1 saturated carbocycles. The van der Waals surface area contributed by atoms with Crippen molar-refractivity contribution < 1.29 is 19.4 Å². The maximum absolute atomic E-state index is 12.4. The van der Waals surface area contributed by atoms with Crippen LogP contribution in [0.2, 0.25) is 0 Å². The van der Waals surface area contributed by atoms with E-state index in [0.29, 0.717) is 18.9 Å². The SMILES string of the molecule is CCC(CC1CCCC1)C(=O)NC1(C(=O)O)CCOC1. The zero-order valence-electron chi connectivity index (χ0n) is 12.2. The van der Waals surface area contributed by atoms with Crippen molar-refractivity contribution in [3.63, 3.8) is 0 Å². The number of rotatable bonds is 6. The van der Waals surface area contributed by atoms with E-state index >= 15 is 0 Å². The van der Waals surface area contributed by atoms with Gasteiger partial charge in [-0.1, -0.05) is 32.6 Å². The zero-order chi connectivity index (χ0) is 14.6. The van der Waals surface area contributed by atoms with Crippen molar-refractivity contribution in [3.05, 3.63) is 0 Å². The molecule has 1 aliphatic carbocycles. The summed E-state index contributed by atoms with van der Waals surface area (Å²) >= 11 is 0. The van der Waals surface area contributed by atoms with Crippen LogP contribution in [0.15, 0.2) is 0 Å². The molecule has 5 nitrogen and oxygen atoms in total. The van der Waals surface area contributed by atoms with Gasteiger partial charge >= 0.3 is 5.97 Å². The molecule has 2 N–H and O–H groups in total. The second-order valence-corrected chi connectivity index (χ2v) is 6.17. The van der Waals surface area contributed by atoms with Crippen molar-refractivity contribution in [1.29, 1.82) is 0 Å². The van der Waals surface area contributed by atoms with Gasteiger partial charge in [0.05, 0.1) is 6.61 Å². The molecule has 114 valence electrons. The van der Waals surface area contributed by atoms with Crippen LogP contribution in [-0.4, -0.2) is 35.7 Å². The molecule has 1 amide bonds. The van der Waals surface area contributed by atoms with Crippen molar-refractivity contribution in [2.24, 2.45) is 11.8 Å². The van der Waals surface area contributed by atoms with E-state index in [0.717, 1.165) is 12.8 Å². The van der Waals surface area contributed by atoms with Crippen LogP contribution in [0.3, 0.4) is 0 Å². The fourth-order valence-corrected chi connectivity index (χ4v) is 3.33. The predicted molar refractivity (Wildman–Crippen MR) is 74.3 cm³/mol. The highest BCUT2D eigenvalue weighted by Crippen LogP contribution is 2.32. The highest BCUT2D eigenvalue weighted by Gasteiger charge is 2.44. The van der Waals surface area contributed by atoms with Crippen molar-refractivity contribution in [3.8, 4) is 0 Å². The van der Waals surface area contributed by atoms with Gasteiger partial charge in [-0.25, -0.2) is 4.79 Å². The molecule has 1 saturated heterocycles. The van der Waals surface area contributed by atoms with E-state index in [4.69, 9.17) is 4.74 Å². The van der Waals surface area contributed by atoms with Crippen molar-refractivity contribution >= 4 is 11.9 Å². The van der Waals surface area contributed by atoms with Crippen molar-refractivity contribution in [2.75, 3.05) is 13.2 Å². The molecule has 2 unspecified atom stereocenters. The Hall–Kier alpha value is -1.10. The predicted octanol–water partition coefficient (Wildman–Crippen LogP) is 1.95. The Bertz CT molecular complexity index is 357. The molecule has 0 radical (unpaired) electrons. The van der Waals surface area contributed by atoms with Gasteiger partial charge in [-0.05, 0) is 18.8 Å². The summed E-state index contributed by atoms with van der Waals surface area (Å²) in [6.45, 7) is 2.47. The minimum absolute atomic E-state index is 0.0741. The topological polar surface area (TPSA) is 75.6 Å². The van der Waals surface area contributed by atoms with Crippen LogP contribution in [0.1, 0.15) is 51.9 Å². The molecule has 20 heavy (non-hydrogen) atoms. The fraction of sp³-hybridized carbons (Fsp3) is 0.867. The first-order valence-corrected chi connectivity index (χ1v) is 7.70. The summed E-state index contributed by atoms with van der Waals surface area (Å²) in [5, 5.41) is 12.1. The number of ether oxygens (including phenoxy) is 1. The molecule has 2 atom stereocenters. The Balaban J connectivity index is 1.95. The van der Waals surface area contributed by atoms with Crippen LogP contribution in [0.4, 0.5) is 0 Å². The molecule has 0 spiro atoms. The number of hydrogen-bond acceptors (Lipinski definition) is 3. The summed E-state index contributed by atoms with van der Waals surface area (Å²) in [4.78, 5) is 23.8. The third-order valence-corrected chi connectivity index (χ3v) is 4.75. The Morgan fingerprint density at radius 1 is 1.40 bits per heavy atom. The smallest absolute Gasteiger partial charge is 0.331 e. The molecule has 2 fully saturated rings. The van der Waals surface area contributed by atoms with Gasteiger partial charge in [0, 0.05) is 18.9 Å². The lowest BCUT2D eigenvalue weighted by atomic mass is 9.89. The van der Waals surface area contributed by atoms with Crippen molar-refractivity contribution in [2.45, 2.75) is 57.4 Å². The number of carboxylic acid groups (broad SMARTS) is 1. The third-order valence-electron chi connectivity index (χ3n) is 4.75. The van der Waals surface area contributed by atoms with E-state index in [1.807, 2.05) is 6.92 Å². The first-order valence-electron chi connectivity index (χ1n) is 7.70. The molecule has 1 aliphatic heterocycles. The molecular weight excluding hydrogens is 258 g/mol. The molecule has 2 rings (SSSR count). The van der Waals surface area contributed by atoms with Gasteiger partial charge in [-0.3, -0.25) is 4.79 Å². The first kappa shape index (κ1) is 15.3. The van der Waals surface area contributed by atoms with Crippen molar-refractivity contribution in [1.82, 2.24) is 5.32 Å². The maximum atomic E-state index is 12.4. The molecule has 0 aromatic rings. The number of hydrogen-bond donors (Lipinski definition) is 2. The summed E-state index contributed by atoms with van der Waals surface area (Å²) < 4.78 is 5.17. The minimum atomic E-state index is -1.21. The average molecular weight is 283 g/mol. The van der Waals surface area contributed by atoms with Gasteiger partial charge in [-0.2, -0.15) is 0 Å². The number of carboxylic acids is 1. The number of carbonyl (C=O) groups is 2. The monoisotopic (exact) mass is 283 g/mol. The lowest BCUT2D eigenvalue weighted by Crippen LogP contribution is -2.56. The molecule has 0 aromatic heterocycles. The molecule has 0 aromatic carbocycles. The summed E-state index contributed by atoms with van der Waals surface area (Å²) in [5.74, 6) is -0.549. The van der Waals surface area contributed by atoms with Crippen LogP contribution in [0.5, 0.6) is 0 Å². The number of carbonyl (C=O) groups excluding carboxylic acids is 1. The number of amides is 1. The molecule has 5 heteroatoms. The Kier molecular flexibility index (Phi) is 5.02. The van der Waals surface area contributed by atoms with Gasteiger partial charge in [-0.15, -0.1) is 0 Å². The van der Waals surface area contributed by atoms with Crippen LogP contribution in [0, 0.1) is 11.8 Å². The van der Waals surface area contributed by atoms with Gasteiger partial charge in [0.2, 0.25) is 5.91 Å². The normalized spacial score (nSPS) is 28.4. The van der Waals surface area contributed by atoms with E-state index in [1.165, 1.54) is 25.7 Å². The number of aliphatic carboxylic acids is 1. The van der Waals surface area contributed by atoms with Gasteiger partial charge < -0.3 is 15.2 Å². The first-order chi connectivity index (χ1) is 9.57. The molecule has 1 heterocycles. The second kappa shape index (κ2) is 6.57. The average Bonchev–Trinajstić information content (AvgIpc) is 3.07. The van der Waals surface area contributed by atoms with Gasteiger partial charge in [0.1, 0.15) is 0 Å². The standard InChI is InChI=1S/C15H25NO4/c1-2-12(9-11-5-3-4-6-11)13(17)16-15(14(18)19)7-8-20-10-15/h11-12H,2-10H2,1H3,(H,16,17)(H,18,19). The highest BCUT2D eigenvalue weighted by atomic mass is 16.5. The second-order valence-electron chi connectivity index (χ2n) is 6.17. The summed E-state index contributed by atoms with van der Waals surface area (Å²) in [7, 11) is 0. The zero-order valence-corrected chi connectivity index (χ0v) is 12.2. The largest absolute Gasteiger partial charge is 0.479 e. The highest BCUT2D eigenvalue weighted by molar-refractivity contribution is 5.88. The summed E-state index contributed by atoms with van der Waals surface area (Å²) in [5.41, 5.74) is -1.21. The van der Waals surface area contributed by atoms with Gasteiger partial charge in [0.25, 0.3) is 0 Å². The van der Waals surface area contributed by atoms with E-state index in [-0.39, 0.29) is 18.4 Å². The van der Waals surface area contributed by atoms with Crippen LogP contribution < -0.4 is 5.32 Å². The van der Waals surface area contributed by atoms with E-state index in [9.17, 15) is 14.7 Å². The third kappa shape index (κ3) is 3.32. The molecule has 0 bridgehead atoms. The Morgan fingerprint density at radius 3 is 2.60 bits per heavy atom. The Morgan fingerprint density at radius 2 is 2.10 bits per heavy atom. The minimum Gasteiger partial charge on any atom is -0.479 e. The fourth-order valence-electron chi connectivity index (χ4n) is 3.33. The van der Waals surface area contributed by atoms with Crippen LogP contribution >= 0.6 is 0 Å². The van der Waals surface area contributed by atoms with Crippen LogP contribution in [0.25, 0.3) is 0 Å². The maximum Gasteiger partial charge on any atom is 0.331 e. The lowest BCUT2D eigenvalue weighted by Gasteiger charge is -2.27. The van der Waals surface area contributed by atoms with Crippen LogP contribution in [-0.2, 0) is 14.3 Å². The van der Waals surface area contributed by atoms with E-state index < -0.39 is 11.5 Å². The molecule has 2 aliphatic rings. The Labute approximate surface area is 120 Å². The summed E-state index contributed by atoms with van der Waals surface area (Å²) in [6, 6.07) is 0. The quantitative estimate of drug-likeness (QED) is 0.781. The summed E-state index contributed by atoms with van der Waals surface area (Å²) in [6.07, 6.45) is 6.94. The number of nitrogens with one attached hydrogen (secondary N) is 1. The van der Waals surface area contributed by atoms with E-state index in [1.54, 1.807) is 0 Å². The lowest BCUT2D eigenvalue weighted by molar-refractivity contribution is -0.148. The molecular formula is C15H25NO4. The van der Waals surface area contributed by atoms with E-state index in [2.05, 4.69) is 5.32 Å².